The van der Waals surface area contributed by atoms with Crippen LogP contribution >= 0.6 is 0 Å². The van der Waals surface area contributed by atoms with E-state index >= 15 is 0 Å². The van der Waals surface area contributed by atoms with E-state index in [1.807, 2.05) is 18.4 Å². The second-order valence-electron chi connectivity index (χ2n) is 3.64. The number of nitrogens with zero attached hydrogens (tertiary/aromatic N) is 2. The topological polar surface area (TPSA) is 24.7 Å². The van der Waals surface area contributed by atoms with E-state index in [1.54, 1.807) is 6.21 Å². The molecule has 14 heavy (non-hydrogen) atoms. The fraction of sp³-hybridized carbons (Fsp3) is 0.333. The normalized spacial score (nSPS) is 19.9. The van der Waals surface area contributed by atoms with Crippen LogP contribution in [-0.4, -0.2) is 12.1 Å². The van der Waals surface area contributed by atoms with E-state index in [9.17, 15) is 0 Å². The van der Waals surface area contributed by atoms with Crippen molar-refractivity contribution < 1.29 is 0 Å². The fourth-order valence-electron chi connectivity index (χ4n) is 0.859. The van der Waals surface area contributed by atoms with Crippen molar-refractivity contribution in [3.8, 4) is 0 Å². The van der Waals surface area contributed by atoms with Gasteiger partial charge in [-0.15, -0.1) is 0 Å². The molecule has 0 aliphatic carbocycles. The Balaban J connectivity index is 2.79. The number of amidine groups is 1. The van der Waals surface area contributed by atoms with Gasteiger partial charge in [-0.3, -0.25) is 0 Å². The van der Waals surface area contributed by atoms with E-state index in [1.165, 1.54) is 5.57 Å². The van der Waals surface area contributed by atoms with Crippen LogP contribution in [0.4, 0.5) is 0 Å². The lowest BCUT2D eigenvalue weighted by Crippen LogP contribution is -1.99. The van der Waals surface area contributed by atoms with Crippen LogP contribution in [0.1, 0.15) is 20.8 Å². The molecule has 74 valence electrons. The van der Waals surface area contributed by atoms with Crippen LogP contribution in [0, 0.1) is 5.92 Å². The van der Waals surface area contributed by atoms with E-state index in [0.29, 0.717) is 11.8 Å². The molecule has 0 aromatic rings. The molecule has 0 fully saturated rings. The van der Waals surface area contributed by atoms with Crippen LogP contribution in [0.2, 0.25) is 0 Å². The zero-order valence-corrected chi connectivity index (χ0v) is 8.99. The van der Waals surface area contributed by atoms with Crippen molar-refractivity contribution in [2.75, 3.05) is 0 Å². The largest absolute Gasteiger partial charge is 0.237 e. The van der Waals surface area contributed by atoms with Gasteiger partial charge in [0.05, 0.1) is 0 Å². The Morgan fingerprint density at radius 2 is 2.29 bits per heavy atom. The molecule has 0 aromatic heterocycles. The first-order chi connectivity index (χ1) is 6.61. The lowest BCUT2D eigenvalue weighted by atomic mass is 10.1. The molecule has 1 rings (SSSR count). The number of rotatable bonds is 2. The fourth-order valence-corrected chi connectivity index (χ4v) is 0.859. The number of aliphatic imine (C=N–C) groups is 2. The van der Waals surface area contributed by atoms with Gasteiger partial charge in [0.2, 0.25) is 0 Å². The highest BCUT2D eigenvalue weighted by atomic mass is 14.9. The van der Waals surface area contributed by atoms with Crippen molar-refractivity contribution in [3.05, 3.63) is 36.1 Å². The van der Waals surface area contributed by atoms with Gasteiger partial charge < -0.3 is 0 Å². The summed E-state index contributed by atoms with van der Waals surface area (Å²) in [6, 6.07) is 0. The van der Waals surface area contributed by atoms with Crippen LogP contribution in [0.25, 0.3) is 0 Å². The van der Waals surface area contributed by atoms with Crippen molar-refractivity contribution in [3.63, 3.8) is 0 Å². The minimum Gasteiger partial charge on any atom is -0.237 e. The van der Waals surface area contributed by atoms with E-state index in [4.69, 9.17) is 0 Å². The van der Waals surface area contributed by atoms with Crippen molar-refractivity contribution in [1.29, 1.82) is 0 Å². The van der Waals surface area contributed by atoms with E-state index in [2.05, 4.69) is 37.3 Å². The highest BCUT2D eigenvalue weighted by Crippen LogP contribution is 2.09. The van der Waals surface area contributed by atoms with Gasteiger partial charge in [-0.25, -0.2) is 9.98 Å². The van der Waals surface area contributed by atoms with E-state index in [-0.39, 0.29) is 0 Å². The van der Waals surface area contributed by atoms with Crippen LogP contribution in [0.5, 0.6) is 0 Å². The predicted octanol–water partition coefficient (Wildman–Crippen LogP) is 3.14. The SMILES string of the molecule is C=C1C=CC=N/C1=N/C=C(\C)C(C)C. The third kappa shape index (κ3) is 2.80. The van der Waals surface area contributed by atoms with Gasteiger partial charge in [0.25, 0.3) is 0 Å². The maximum absolute atomic E-state index is 4.29. The predicted molar refractivity (Wildman–Crippen MR) is 62.8 cm³/mol. The van der Waals surface area contributed by atoms with E-state index in [0.717, 1.165) is 5.57 Å². The van der Waals surface area contributed by atoms with Crippen LogP contribution in [0.15, 0.2) is 46.1 Å². The molecule has 0 atom stereocenters. The lowest BCUT2D eigenvalue weighted by Gasteiger charge is -2.04. The summed E-state index contributed by atoms with van der Waals surface area (Å²) in [4.78, 5) is 8.43. The summed E-state index contributed by atoms with van der Waals surface area (Å²) >= 11 is 0. The molecule has 0 radical (unpaired) electrons. The zero-order chi connectivity index (χ0) is 10.6. The van der Waals surface area contributed by atoms with Gasteiger partial charge in [-0.05, 0) is 18.9 Å². The molecule has 0 aromatic carbocycles. The maximum atomic E-state index is 4.29. The lowest BCUT2D eigenvalue weighted by molar-refractivity contribution is 0.766. The number of dihydropyridines is 1. The van der Waals surface area contributed by atoms with Gasteiger partial charge in [-0.2, -0.15) is 0 Å². The first-order valence-corrected chi connectivity index (χ1v) is 4.75. The molecular weight excluding hydrogens is 172 g/mol. The first kappa shape index (κ1) is 10.6. The zero-order valence-electron chi connectivity index (χ0n) is 8.99. The minimum absolute atomic E-state index is 0.524. The molecule has 0 saturated carbocycles. The second-order valence-corrected chi connectivity index (χ2v) is 3.64. The molecule has 0 spiro atoms. The Bertz CT molecular complexity index is 341. The number of hydrogen-bond donors (Lipinski definition) is 0. The average molecular weight is 188 g/mol. The summed E-state index contributed by atoms with van der Waals surface area (Å²) < 4.78 is 0. The second kappa shape index (κ2) is 4.70. The molecular formula is C12H16N2. The third-order valence-corrected chi connectivity index (χ3v) is 2.17. The molecule has 0 saturated heterocycles. The van der Waals surface area contributed by atoms with Crippen molar-refractivity contribution >= 4 is 12.1 Å². The quantitative estimate of drug-likeness (QED) is 0.636. The van der Waals surface area contributed by atoms with Gasteiger partial charge in [0.1, 0.15) is 0 Å². The van der Waals surface area contributed by atoms with Crippen molar-refractivity contribution in [2.45, 2.75) is 20.8 Å². The number of allylic oxidation sites excluding steroid dienone is 2. The standard InChI is InChI=1S/C12H16N2/c1-9(2)11(4)8-14-12-10(3)6-5-7-13-12/h5-9H,3H2,1-2,4H3/b11-8+,14-12+. The molecule has 1 aliphatic heterocycles. The van der Waals surface area contributed by atoms with Crippen molar-refractivity contribution in [2.24, 2.45) is 15.9 Å². The van der Waals surface area contributed by atoms with Gasteiger partial charge >= 0.3 is 0 Å². The molecule has 1 heterocycles. The van der Waals surface area contributed by atoms with Crippen LogP contribution < -0.4 is 0 Å². The summed E-state index contributed by atoms with van der Waals surface area (Å²) in [7, 11) is 0. The maximum Gasteiger partial charge on any atom is 0.158 e. The summed E-state index contributed by atoms with van der Waals surface area (Å²) in [6.45, 7) is 10.2. The smallest absolute Gasteiger partial charge is 0.158 e. The summed E-state index contributed by atoms with van der Waals surface area (Å²) in [5, 5.41) is 0. The molecule has 2 heteroatoms. The third-order valence-electron chi connectivity index (χ3n) is 2.17. The first-order valence-electron chi connectivity index (χ1n) is 4.75. The van der Waals surface area contributed by atoms with Gasteiger partial charge in [-0.1, -0.05) is 32.1 Å². The van der Waals surface area contributed by atoms with Crippen LogP contribution in [-0.2, 0) is 0 Å². The molecule has 1 aliphatic rings. The molecule has 2 nitrogen and oxygen atoms in total. The summed E-state index contributed by atoms with van der Waals surface area (Å²) in [5.74, 6) is 1.23. The molecule has 0 N–H and O–H groups in total. The molecule has 0 bridgehead atoms. The summed E-state index contributed by atoms with van der Waals surface area (Å²) in [5.41, 5.74) is 2.11. The highest BCUT2D eigenvalue weighted by molar-refractivity contribution is 6.08. The van der Waals surface area contributed by atoms with E-state index < -0.39 is 0 Å². The molecule has 0 unspecified atom stereocenters. The Kier molecular flexibility index (Phi) is 3.57. The summed E-state index contributed by atoms with van der Waals surface area (Å²) in [6.07, 6.45) is 7.36. The Hall–Kier alpha value is -1.44. The molecule has 0 amide bonds. The van der Waals surface area contributed by atoms with Gasteiger partial charge in [0, 0.05) is 18.0 Å². The highest BCUT2D eigenvalue weighted by Gasteiger charge is 2.01. The Labute approximate surface area is 85.5 Å². The van der Waals surface area contributed by atoms with Crippen molar-refractivity contribution in [1.82, 2.24) is 0 Å². The van der Waals surface area contributed by atoms with Gasteiger partial charge in [0.15, 0.2) is 5.84 Å². The number of hydrogen-bond acceptors (Lipinski definition) is 1. The monoisotopic (exact) mass is 188 g/mol. The van der Waals surface area contributed by atoms with Crippen LogP contribution in [0.3, 0.4) is 0 Å². The Morgan fingerprint density at radius 1 is 1.57 bits per heavy atom. The average Bonchev–Trinajstić information content (AvgIpc) is 2.16. The minimum atomic E-state index is 0.524. The Morgan fingerprint density at radius 3 is 2.86 bits per heavy atom.